The highest BCUT2D eigenvalue weighted by molar-refractivity contribution is 7.15. The molecular formula is C14H23N3O2S. The number of hydrogen-bond donors (Lipinski definition) is 1. The molecule has 0 radical (unpaired) electrons. The van der Waals surface area contributed by atoms with Crippen LogP contribution in [0.1, 0.15) is 56.9 Å². The molecule has 1 aliphatic rings. The van der Waals surface area contributed by atoms with Crippen molar-refractivity contribution in [2.75, 3.05) is 11.9 Å². The molecule has 1 saturated carbocycles. The number of amides is 1. The number of carbonyl (C=O) groups is 1. The lowest BCUT2D eigenvalue weighted by Crippen LogP contribution is -2.14. The second-order valence-corrected chi connectivity index (χ2v) is 6.29. The summed E-state index contributed by atoms with van der Waals surface area (Å²) in [5.41, 5.74) is 0. The van der Waals surface area contributed by atoms with E-state index in [1.807, 2.05) is 6.92 Å². The van der Waals surface area contributed by atoms with Gasteiger partial charge in [-0.2, -0.15) is 0 Å². The summed E-state index contributed by atoms with van der Waals surface area (Å²) < 4.78 is 5.26. The maximum absolute atomic E-state index is 11.9. The number of nitrogens with zero attached hydrogens (tertiary/aromatic N) is 2. The van der Waals surface area contributed by atoms with Gasteiger partial charge in [0.25, 0.3) is 0 Å². The highest BCUT2D eigenvalue weighted by atomic mass is 32.1. The molecular weight excluding hydrogens is 274 g/mol. The van der Waals surface area contributed by atoms with E-state index in [-0.39, 0.29) is 5.91 Å². The minimum absolute atomic E-state index is 0.0506. The zero-order chi connectivity index (χ0) is 14.2. The van der Waals surface area contributed by atoms with Crippen molar-refractivity contribution in [3.63, 3.8) is 0 Å². The van der Waals surface area contributed by atoms with Crippen molar-refractivity contribution in [1.82, 2.24) is 10.2 Å². The molecule has 5 nitrogen and oxygen atoms in total. The molecule has 1 aromatic heterocycles. The smallest absolute Gasteiger partial charge is 0.226 e. The van der Waals surface area contributed by atoms with Crippen molar-refractivity contribution in [3.05, 3.63) is 5.01 Å². The predicted molar refractivity (Wildman–Crippen MR) is 79.7 cm³/mol. The number of nitrogens with one attached hydrogen (secondary N) is 1. The van der Waals surface area contributed by atoms with Gasteiger partial charge in [0.2, 0.25) is 11.0 Å². The molecule has 1 aliphatic carbocycles. The minimum atomic E-state index is 0.0506. The molecule has 1 amide bonds. The molecule has 0 saturated heterocycles. The van der Waals surface area contributed by atoms with Crippen molar-refractivity contribution in [3.8, 4) is 0 Å². The van der Waals surface area contributed by atoms with Crippen LogP contribution < -0.4 is 5.32 Å². The van der Waals surface area contributed by atoms with Gasteiger partial charge in [0, 0.05) is 13.0 Å². The fourth-order valence-corrected chi connectivity index (χ4v) is 3.24. The maximum Gasteiger partial charge on any atom is 0.226 e. The van der Waals surface area contributed by atoms with E-state index in [2.05, 4.69) is 15.5 Å². The number of hydrogen-bond acceptors (Lipinski definition) is 5. The zero-order valence-corrected chi connectivity index (χ0v) is 12.9. The van der Waals surface area contributed by atoms with E-state index >= 15 is 0 Å². The van der Waals surface area contributed by atoms with Crippen molar-refractivity contribution >= 4 is 22.4 Å². The molecule has 0 spiro atoms. The Hall–Kier alpha value is -1.01. The van der Waals surface area contributed by atoms with Crippen LogP contribution in [0.4, 0.5) is 5.13 Å². The van der Waals surface area contributed by atoms with Gasteiger partial charge >= 0.3 is 0 Å². The third kappa shape index (κ3) is 5.17. The van der Waals surface area contributed by atoms with Crippen molar-refractivity contribution in [2.45, 2.75) is 58.5 Å². The molecule has 1 fully saturated rings. The summed E-state index contributed by atoms with van der Waals surface area (Å²) >= 11 is 1.38. The minimum Gasteiger partial charge on any atom is -0.374 e. The van der Waals surface area contributed by atoms with E-state index in [0.29, 0.717) is 24.8 Å². The van der Waals surface area contributed by atoms with E-state index in [9.17, 15) is 4.79 Å². The summed E-state index contributed by atoms with van der Waals surface area (Å²) in [4.78, 5) is 11.9. The van der Waals surface area contributed by atoms with Gasteiger partial charge in [-0.1, -0.05) is 43.4 Å². The second kappa shape index (κ2) is 8.32. The van der Waals surface area contributed by atoms with E-state index in [1.165, 1.54) is 43.4 Å². The van der Waals surface area contributed by atoms with E-state index < -0.39 is 0 Å². The second-order valence-electron chi connectivity index (χ2n) is 5.23. The first-order valence-corrected chi connectivity index (χ1v) is 8.29. The topological polar surface area (TPSA) is 64.1 Å². The number of carbonyl (C=O) groups excluding carboxylic acids is 1. The summed E-state index contributed by atoms with van der Waals surface area (Å²) in [6.07, 6.45) is 8.15. The number of ether oxygens (including phenoxy) is 1. The largest absolute Gasteiger partial charge is 0.374 e. The summed E-state index contributed by atoms with van der Waals surface area (Å²) in [6.45, 7) is 3.06. The molecule has 1 N–H and O–H groups in total. The highest BCUT2D eigenvalue weighted by Crippen LogP contribution is 2.27. The maximum atomic E-state index is 11.9. The van der Waals surface area contributed by atoms with Crippen LogP contribution in [0.15, 0.2) is 0 Å². The first-order chi connectivity index (χ1) is 9.78. The molecule has 0 atom stereocenters. The average Bonchev–Trinajstić information content (AvgIpc) is 2.91. The highest BCUT2D eigenvalue weighted by Gasteiger charge is 2.15. The Bertz CT molecular complexity index is 416. The Balaban J connectivity index is 1.69. The fraction of sp³-hybridized carbons (Fsp3) is 0.786. The van der Waals surface area contributed by atoms with Gasteiger partial charge < -0.3 is 10.1 Å². The van der Waals surface area contributed by atoms with Crippen molar-refractivity contribution in [1.29, 1.82) is 0 Å². The van der Waals surface area contributed by atoms with Gasteiger partial charge in [0.05, 0.1) is 0 Å². The summed E-state index contributed by atoms with van der Waals surface area (Å²) in [5.74, 6) is 0.784. The van der Waals surface area contributed by atoms with E-state index in [1.54, 1.807) is 0 Å². The van der Waals surface area contributed by atoms with Gasteiger partial charge in [0.1, 0.15) is 11.6 Å². The number of aromatic nitrogens is 2. The fourth-order valence-electron chi connectivity index (χ4n) is 2.54. The van der Waals surface area contributed by atoms with Gasteiger partial charge in [-0.15, -0.1) is 10.2 Å². The normalized spacial score (nSPS) is 16.2. The average molecular weight is 297 g/mol. The first-order valence-electron chi connectivity index (χ1n) is 7.48. The Kier molecular flexibility index (Phi) is 6.39. The summed E-state index contributed by atoms with van der Waals surface area (Å²) in [7, 11) is 0. The third-order valence-corrected chi connectivity index (χ3v) is 4.46. The lowest BCUT2D eigenvalue weighted by Gasteiger charge is -2.20. The van der Waals surface area contributed by atoms with Crippen LogP contribution in [0.5, 0.6) is 0 Å². The molecule has 0 unspecified atom stereocenters. The quantitative estimate of drug-likeness (QED) is 0.838. The molecule has 1 heterocycles. The zero-order valence-electron chi connectivity index (χ0n) is 12.1. The van der Waals surface area contributed by atoms with E-state index in [0.717, 1.165) is 17.3 Å². The van der Waals surface area contributed by atoms with Crippen LogP contribution in [0, 0.1) is 5.92 Å². The Labute approximate surface area is 124 Å². The number of anilines is 1. The summed E-state index contributed by atoms with van der Waals surface area (Å²) in [6, 6.07) is 0. The molecule has 1 aromatic rings. The lowest BCUT2D eigenvalue weighted by atomic mass is 9.86. The van der Waals surface area contributed by atoms with Crippen LogP contribution in [-0.2, 0) is 16.1 Å². The Morgan fingerprint density at radius 3 is 2.90 bits per heavy atom. The first kappa shape index (κ1) is 15.4. The number of rotatable bonds is 7. The molecule has 0 bridgehead atoms. The Morgan fingerprint density at radius 2 is 2.15 bits per heavy atom. The lowest BCUT2D eigenvalue weighted by molar-refractivity contribution is -0.116. The van der Waals surface area contributed by atoms with Crippen LogP contribution in [0.25, 0.3) is 0 Å². The third-order valence-electron chi connectivity index (χ3n) is 3.65. The van der Waals surface area contributed by atoms with Crippen LogP contribution in [0.2, 0.25) is 0 Å². The molecule has 20 heavy (non-hydrogen) atoms. The van der Waals surface area contributed by atoms with Gasteiger partial charge in [-0.3, -0.25) is 4.79 Å². The Morgan fingerprint density at radius 1 is 1.35 bits per heavy atom. The van der Waals surface area contributed by atoms with Gasteiger partial charge in [0.15, 0.2) is 0 Å². The predicted octanol–water partition coefficient (Wildman–Crippen LogP) is 3.37. The van der Waals surface area contributed by atoms with Crippen molar-refractivity contribution < 1.29 is 9.53 Å². The molecule has 2 rings (SSSR count). The van der Waals surface area contributed by atoms with Gasteiger partial charge in [-0.25, -0.2) is 0 Å². The molecule has 0 aliphatic heterocycles. The van der Waals surface area contributed by atoms with Gasteiger partial charge in [-0.05, 0) is 19.3 Å². The van der Waals surface area contributed by atoms with Crippen LogP contribution in [0.3, 0.4) is 0 Å². The van der Waals surface area contributed by atoms with Crippen LogP contribution in [-0.4, -0.2) is 22.7 Å². The monoisotopic (exact) mass is 297 g/mol. The SMILES string of the molecule is CCOCc1nnc(NC(=O)CCC2CCCCC2)s1. The van der Waals surface area contributed by atoms with Crippen molar-refractivity contribution in [2.24, 2.45) is 5.92 Å². The molecule has 0 aromatic carbocycles. The standard InChI is InChI=1S/C14H23N3O2S/c1-2-19-10-13-16-17-14(20-13)15-12(18)9-8-11-6-4-3-5-7-11/h11H,2-10H2,1H3,(H,15,17,18). The molecule has 112 valence electrons. The van der Waals surface area contributed by atoms with Crippen LogP contribution >= 0.6 is 11.3 Å². The molecule has 6 heteroatoms. The van der Waals surface area contributed by atoms with E-state index in [4.69, 9.17) is 4.74 Å². The summed E-state index contributed by atoms with van der Waals surface area (Å²) in [5, 5.41) is 12.2.